The zero-order chi connectivity index (χ0) is 15.2. The van der Waals surface area contributed by atoms with Crippen LogP contribution in [0.3, 0.4) is 0 Å². The molecule has 0 radical (unpaired) electrons. The minimum absolute atomic E-state index is 0.313. The maximum Gasteiger partial charge on any atom is 0.233 e. The van der Waals surface area contributed by atoms with Crippen LogP contribution in [-0.4, -0.2) is 35.1 Å². The Morgan fingerprint density at radius 3 is 2.43 bits per heavy atom. The van der Waals surface area contributed by atoms with E-state index in [2.05, 4.69) is 25.6 Å². The van der Waals surface area contributed by atoms with Crippen LogP contribution >= 0.6 is 0 Å². The van der Waals surface area contributed by atoms with Gasteiger partial charge in [0.2, 0.25) is 17.8 Å². The van der Waals surface area contributed by atoms with Gasteiger partial charge >= 0.3 is 0 Å². The minimum atomic E-state index is -0.313. The van der Waals surface area contributed by atoms with Crippen molar-refractivity contribution in [1.29, 1.82) is 0 Å². The van der Waals surface area contributed by atoms with Crippen LogP contribution in [0.2, 0.25) is 0 Å². The first kappa shape index (κ1) is 15.0. The van der Waals surface area contributed by atoms with Crippen LogP contribution in [0, 0.1) is 5.82 Å². The third-order valence-corrected chi connectivity index (χ3v) is 2.97. The Labute approximate surface area is 123 Å². The number of aromatic nitrogens is 3. The van der Waals surface area contributed by atoms with Gasteiger partial charge in [-0.2, -0.15) is 15.0 Å². The van der Waals surface area contributed by atoms with Crippen molar-refractivity contribution in [2.24, 2.45) is 0 Å². The minimum Gasteiger partial charge on any atom is -0.357 e. The molecule has 112 valence electrons. The van der Waals surface area contributed by atoms with Gasteiger partial charge in [0.25, 0.3) is 0 Å². The monoisotopic (exact) mass is 290 g/mol. The molecule has 0 aliphatic heterocycles. The summed E-state index contributed by atoms with van der Waals surface area (Å²) in [5.41, 5.74) is 0.591. The van der Waals surface area contributed by atoms with Crippen LogP contribution < -0.4 is 15.5 Å². The van der Waals surface area contributed by atoms with Gasteiger partial charge in [0.05, 0.1) is 0 Å². The summed E-state index contributed by atoms with van der Waals surface area (Å²) in [5.74, 6) is 1.11. The summed E-state index contributed by atoms with van der Waals surface area (Å²) < 4.78 is 13.2. The third-order valence-electron chi connectivity index (χ3n) is 2.97. The van der Waals surface area contributed by atoms with Crippen LogP contribution in [0.4, 0.5) is 27.9 Å². The molecule has 0 unspecified atom stereocenters. The maximum absolute atomic E-state index is 13.2. The molecule has 0 fully saturated rings. The number of nitrogens with zero attached hydrogens (tertiary/aromatic N) is 4. The quantitative estimate of drug-likeness (QED) is 0.852. The predicted molar refractivity (Wildman–Crippen MR) is 82.6 cm³/mol. The molecule has 2 aromatic rings. The van der Waals surface area contributed by atoms with E-state index in [1.807, 2.05) is 18.7 Å². The van der Waals surface area contributed by atoms with Gasteiger partial charge in [-0.05, 0) is 32.0 Å². The van der Waals surface area contributed by atoms with Gasteiger partial charge in [-0.1, -0.05) is 6.07 Å². The molecule has 1 aromatic carbocycles. The van der Waals surface area contributed by atoms with Crippen molar-refractivity contribution in [1.82, 2.24) is 15.0 Å². The smallest absolute Gasteiger partial charge is 0.233 e. The number of rotatable bonds is 6. The Bertz CT molecular complexity index is 600. The first-order valence-corrected chi connectivity index (χ1v) is 6.87. The molecule has 2 N–H and O–H groups in total. The number of benzene rings is 1. The molecule has 1 heterocycles. The summed E-state index contributed by atoms with van der Waals surface area (Å²) in [6.07, 6.45) is 0. The largest absolute Gasteiger partial charge is 0.357 e. The summed E-state index contributed by atoms with van der Waals surface area (Å²) in [6.45, 7) is 5.66. The van der Waals surface area contributed by atoms with E-state index in [1.165, 1.54) is 12.1 Å². The van der Waals surface area contributed by atoms with E-state index in [9.17, 15) is 4.39 Å². The number of halogens is 1. The number of anilines is 4. The fourth-order valence-electron chi connectivity index (χ4n) is 1.88. The van der Waals surface area contributed by atoms with Crippen molar-refractivity contribution in [2.75, 3.05) is 35.7 Å². The molecule has 0 bridgehead atoms. The highest BCUT2D eigenvalue weighted by Gasteiger charge is 2.10. The second-order valence-corrected chi connectivity index (χ2v) is 4.34. The molecule has 0 spiro atoms. The topological polar surface area (TPSA) is 66.0 Å². The van der Waals surface area contributed by atoms with E-state index in [0.717, 1.165) is 13.1 Å². The Morgan fingerprint density at radius 2 is 1.81 bits per heavy atom. The number of hydrogen-bond donors (Lipinski definition) is 2. The molecule has 0 atom stereocenters. The Hall–Kier alpha value is -2.44. The van der Waals surface area contributed by atoms with Gasteiger partial charge in [0, 0.05) is 25.8 Å². The highest BCUT2D eigenvalue weighted by atomic mass is 19.1. The van der Waals surface area contributed by atoms with Crippen LogP contribution in [-0.2, 0) is 0 Å². The van der Waals surface area contributed by atoms with Gasteiger partial charge in [-0.25, -0.2) is 4.39 Å². The number of nitrogens with one attached hydrogen (secondary N) is 2. The summed E-state index contributed by atoms with van der Waals surface area (Å²) in [5, 5.41) is 5.90. The molecule has 0 saturated carbocycles. The first-order valence-electron chi connectivity index (χ1n) is 6.87. The van der Waals surface area contributed by atoms with Crippen LogP contribution in [0.1, 0.15) is 13.8 Å². The van der Waals surface area contributed by atoms with Crippen LogP contribution in [0.25, 0.3) is 0 Å². The average molecular weight is 290 g/mol. The highest BCUT2D eigenvalue weighted by Crippen LogP contribution is 2.18. The van der Waals surface area contributed by atoms with E-state index < -0.39 is 0 Å². The fraction of sp³-hybridized carbons (Fsp3) is 0.357. The van der Waals surface area contributed by atoms with Gasteiger partial charge < -0.3 is 15.5 Å². The van der Waals surface area contributed by atoms with Crippen molar-refractivity contribution in [3.63, 3.8) is 0 Å². The summed E-state index contributed by atoms with van der Waals surface area (Å²) >= 11 is 0. The standard InChI is InChI=1S/C14H19FN6/c1-4-21(5-2)14-19-12(16-3)18-13(20-14)17-11-8-6-7-10(15)9-11/h6-9H,4-5H2,1-3H3,(H2,16,17,18,19,20). The lowest BCUT2D eigenvalue weighted by molar-refractivity contribution is 0.628. The SMILES string of the molecule is CCN(CC)c1nc(NC)nc(Nc2cccc(F)c2)n1. The Kier molecular flexibility index (Phi) is 4.86. The first-order chi connectivity index (χ1) is 10.2. The van der Waals surface area contributed by atoms with E-state index in [0.29, 0.717) is 23.5 Å². The molecule has 0 aliphatic carbocycles. The average Bonchev–Trinajstić information content (AvgIpc) is 2.48. The van der Waals surface area contributed by atoms with Crippen molar-refractivity contribution in [3.8, 4) is 0 Å². The maximum atomic E-state index is 13.2. The van der Waals surface area contributed by atoms with Crippen molar-refractivity contribution in [2.45, 2.75) is 13.8 Å². The van der Waals surface area contributed by atoms with E-state index in [4.69, 9.17) is 0 Å². The second kappa shape index (κ2) is 6.83. The van der Waals surface area contributed by atoms with Crippen molar-refractivity contribution in [3.05, 3.63) is 30.1 Å². The molecular formula is C14H19FN6. The van der Waals surface area contributed by atoms with E-state index in [-0.39, 0.29) is 5.82 Å². The Balaban J connectivity index is 2.32. The lowest BCUT2D eigenvalue weighted by Crippen LogP contribution is -2.25. The summed E-state index contributed by atoms with van der Waals surface area (Å²) in [7, 11) is 1.74. The zero-order valence-corrected chi connectivity index (χ0v) is 12.4. The lowest BCUT2D eigenvalue weighted by Gasteiger charge is -2.19. The molecular weight excluding hydrogens is 271 g/mol. The zero-order valence-electron chi connectivity index (χ0n) is 12.4. The highest BCUT2D eigenvalue weighted by molar-refractivity contribution is 5.55. The van der Waals surface area contributed by atoms with Crippen LogP contribution in [0.5, 0.6) is 0 Å². The van der Waals surface area contributed by atoms with Crippen LogP contribution in [0.15, 0.2) is 24.3 Å². The molecule has 2 rings (SSSR count). The molecule has 0 saturated heterocycles. The third kappa shape index (κ3) is 3.77. The second-order valence-electron chi connectivity index (χ2n) is 4.34. The van der Waals surface area contributed by atoms with Gasteiger partial charge in [-0.3, -0.25) is 0 Å². The molecule has 0 aliphatic rings. The van der Waals surface area contributed by atoms with E-state index >= 15 is 0 Å². The molecule has 6 nitrogen and oxygen atoms in total. The van der Waals surface area contributed by atoms with Gasteiger partial charge in [-0.15, -0.1) is 0 Å². The lowest BCUT2D eigenvalue weighted by atomic mass is 10.3. The Morgan fingerprint density at radius 1 is 1.10 bits per heavy atom. The summed E-state index contributed by atoms with van der Waals surface area (Å²) in [4.78, 5) is 15.0. The van der Waals surface area contributed by atoms with Gasteiger partial charge in [0.15, 0.2) is 0 Å². The predicted octanol–water partition coefficient (Wildman–Crippen LogP) is 2.64. The van der Waals surface area contributed by atoms with Crippen molar-refractivity contribution < 1.29 is 4.39 Å². The van der Waals surface area contributed by atoms with Crippen molar-refractivity contribution >= 4 is 23.5 Å². The number of hydrogen-bond acceptors (Lipinski definition) is 6. The molecule has 1 aromatic heterocycles. The van der Waals surface area contributed by atoms with E-state index in [1.54, 1.807) is 19.2 Å². The molecule has 21 heavy (non-hydrogen) atoms. The normalized spacial score (nSPS) is 10.3. The van der Waals surface area contributed by atoms with Gasteiger partial charge in [0.1, 0.15) is 5.82 Å². The molecule has 0 amide bonds. The summed E-state index contributed by atoms with van der Waals surface area (Å²) in [6, 6.07) is 6.16. The fourth-order valence-corrected chi connectivity index (χ4v) is 1.88. The molecule has 7 heteroatoms.